The van der Waals surface area contributed by atoms with E-state index in [-0.39, 0.29) is 5.67 Å². The van der Waals surface area contributed by atoms with Crippen LogP contribution in [0, 0.1) is 0 Å². The molecule has 2 atom stereocenters. The number of furan rings is 1. The number of allylic oxidation sites excluding steroid dienone is 6. The molecule has 5 heterocycles. The van der Waals surface area contributed by atoms with E-state index in [1.165, 1.54) is 54.2 Å². The summed E-state index contributed by atoms with van der Waals surface area (Å²) in [5, 5.41) is 14.9. The molecule has 1 N–H and O–H groups in total. The Balaban J connectivity index is 1.12. The Morgan fingerprint density at radius 1 is 0.586 bits per heavy atom. The smallest absolute Gasteiger partial charge is 0.197 e. The highest BCUT2D eigenvalue weighted by atomic mass is 28.3. The highest BCUT2D eigenvalue weighted by Gasteiger charge is 2.49. The second kappa shape index (κ2) is 12.9. The Kier molecular flexibility index (Phi) is 7.37. The molecule has 10 aromatic rings. The molecule has 2 aliphatic rings. The predicted octanol–water partition coefficient (Wildman–Crippen LogP) is 11.1. The van der Waals surface area contributed by atoms with E-state index >= 15 is 0 Å². The minimum absolute atomic E-state index is 0.0102. The first-order chi connectivity index (χ1) is 28.8. The Bertz CT molecular complexity index is 3340. The monoisotopic (exact) mass is 762 g/mol. The van der Waals surface area contributed by atoms with Crippen LogP contribution < -0.4 is 15.8 Å². The SMILES string of the molecule is C1=CNC([Si](C2=CCCC(n3c4ccccc4c4cc5c(cc43)oc3ccccc35)=C2)(c2cccc(-n3c4ccccc4c4ccccc43)c2)c2ccccn2)C=C1. The maximum absolute atomic E-state index is 6.49. The summed E-state index contributed by atoms with van der Waals surface area (Å²) < 4.78 is 11.4. The van der Waals surface area contributed by atoms with Gasteiger partial charge >= 0.3 is 0 Å². The van der Waals surface area contributed by atoms with E-state index in [0.717, 1.165) is 51.3 Å². The third-order valence-corrected chi connectivity index (χ3v) is 17.3. The summed E-state index contributed by atoms with van der Waals surface area (Å²) in [7, 11) is -3.00. The molecule has 4 aromatic heterocycles. The topological polar surface area (TPSA) is 47.9 Å². The van der Waals surface area contributed by atoms with E-state index < -0.39 is 8.07 Å². The van der Waals surface area contributed by atoms with E-state index in [4.69, 9.17) is 9.40 Å². The average molecular weight is 763 g/mol. The number of hydrogen-bond donors (Lipinski definition) is 1. The molecule has 0 bridgehead atoms. The molecule has 1 aliphatic heterocycles. The molecule has 12 rings (SSSR count). The molecule has 58 heavy (non-hydrogen) atoms. The summed E-state index contributed by atoms with van der Waals surface area (Å²) in [5.41, 5.74) is 9.04. The fraction of sp³-hybridized carbons (Fsp3) is 0.0577. The molecule has 0 amide bonds. The molecule has 276 valence electrons. The van der Waals surface area contributed by atoms with Gasteiger partial charge in [-0.15, -0.1) is 0 Å². The number of nitrogens with zero attached hydrogens (tertiary/aromatic N) is 3. The quantitative estimate of drug-likeness (QED) is 0.172. The van der Waals surface area contributed by atoms with Crippen LogP contribution in [-0.4, -0.2) is 27.9 Å². The van der Waals surface area contributed by atoms with Crippen LogP contribution >= 0.6 is 0 Å². The number of benzene rings is 6. The fourth-order valence-electron chi connectivity index (χ4n) is 10.0. The largest absolute Gasteiger partial charge is 0.456 e. The Hall–Kier alpha value is -7.15. The zero-order chi connectivity index (χ0) is 38.2. The third-order valence-electron chi connectivity index (χ3n) is 12.5. The number of nitrogens with one attached hydrogen (secondary N) is 1. The molecule has 0 radical (unpaired) electrons. The maximum Gasteiger partial charge on any atom is 0.197 e. The van der Waals surface area contributed by atoms with Gasteiger partial charge < -0.3 is 18.9 Å². The molecular formula is C52H38N4OSi. The van der Waals surface area contributed by atoms with E-state index in [1.54, 1.807) is 0 Å². The third kappa shape index (κ3) is 4.79. The first kappa shape index (κ1) is 33.0. The normalized spacial score (nSPS) is 16.7. The van der Waals surface area contributed by atoms with Crippen molar-refractivity contribution in [3.8, 4) is 5.69 Å². The zero-order valence-electron chi connectivity index (χ0n) is 31.7. The number of pyridine rings is 1. The van der Waals surface area contributed by atoms with Gasteiger partial charge in [-0.1, -0.05) is 109 Å². The van der Waals surface area contributed by atoms with E-state index in [9.17, 15) is 0 Å². The van der Waals surface area contributed by atoms with Gasteiger partial charge in [-0.25, -0.2) is 0 Å². The van der Waals surface area contributed by atoms with Crippen molar-refractivity contribution < 1.29 is 4.42 Å². The summed E-state index contributed by atoms with van der Waals surface area (Å²) in [5.74, 6) is 0. The van der Waals surface area contributed by atoms with Crippen LogP contribution in [0.1, 0.15) is 12.8 Å². The standard InChI is InChI=1S/C52H38N4OSi/c1-5-23-45-39(19-1)40-20-2-6-24-46(40)55(45)35-15-13-17-37(31-35)58(51-27-9-11-29-53-51,52-28-10-12-30-54-52)38-18-14-16-36(32-38)56-47-25-7-3-21-41(47)43-33-44-42-22-4-8-26-49(42)57-50(44)34-48(43)56/h1-13,15,17-34,51,53H,14,16H2. The molecule has 1 aliphatic carbocycles. The van der Waals surface area contributed by atoms with Crippen molar-refractivity contribution in [3.05, 3.63) is 200 Å². The number of fused-ring (bicyclic) bond motifs is 9. The van der Waals surface area contributed by atoms with Gasteiger partial charge in [0.2, 0.25) is 0 Å². The minimum Gasteiger partial charge on any atom is -0.456 e. The zero-order valence-corrected chi connectivity index (χ0v) is 32.7. The van der Waals surface area contributed by atoms with Gasteiger partial charge in [0.05, 0.1) is 27.7 Å². The lowest BCUT2D eigenvalue weighted by Gasteiger charge is -2.41. The summed E-state index contributed by atoms with van der Waals surface area (Å²) in [6.07, 6.45) is 17.6. The molecule has 2 unspecified atom stereocenters. The lowest BCUT2D eigenvalue weighted by molar-refractivity contribution is 0.669. The molecule has 0 saturated heterocycles. The van der Waals surface area contributed by atoms with Gasteiger partial charge in [-0.3, -0.25) is 4.98 Å². The summed E-state index contributed by atoms with van der Waals surface area (Å²) in [6.45, 7) is 0. The van der Waals surface area contributed by atoms with Crippen LogP contribution in [-0.2, 0) is 0 Å². The molecule has 0 fully saturated rings. The van der Waals surface area contributed by atoms with Gasteiger partial charge in [0.1, 0.15) is 11.2 Å². The van der Waals surface area contributed by atoms with E-state index in [0.29, 0.717) is 0 Å². The molecule has 0 saturated carbocycles. The van der Waals surface area contributed by atoms with Crippen molar-refractivity contribution in [1.82, 2.24) is 19.4 Å². The summed E-state index contributed by atoms with van der Waals surface area (Å²) in [4.78, 5) is 5.28. The van der Waals surface area contributed by atoms with Crippen molar-refractivity contribution in [3.63, 3.8) is 0 Å². The molecule has 6 heteroatoms. The number of aromatic nitrogens is 3. The van der Waals surface area contributed by atoms with Gasteiger partial charge in [-0.2, -0.15) is 0 Å². The number of rotatable bonds is 6. The highest BCUT2D eigenvalue weighted by molar-refractivity contribution is 7.08. The Morgan fingerprint density at radius 3 is 2.03 bits per heavy atom. The number of hydrogen-bond acceptors (Lipinski definition) is 3. The molecule has 5 nitrogen and oxygen atoms in total. The lowest BCUT2D eigenvalue weighted by atomic mass is 10.1. The highest BCUT2D eigenvalue weighted by Crippen LogP contribution is 2.41. The predicted molar refractivity (Wildman–Crippen MR) is 244 cm³/mol. The van der Waals surface area contributed by atoms with Crippen LogP contribution in [0.3, 0.4) is 0 Å². The van der Waals surface area contributed by atoms with Gasteiger partial charge in [0.15, 0.2) is 8.07 Å². The number of para-hydroxylation sites is 4. The van der Waals surface area contributed by atoms with Crippen molar-refractivity contribution in [1.29, 1.82) is 0 Å². The summed E-state index contributed by atoms with van der Waals surface area (Å²) in [6, 6.07) is 55.1. The average Bonchev–Trinajstić information content (AvgIpc) is 3.94. The van der Waals surface area contributed by atoms with Crippen LogP contribution in [0.5, 0.6) is 0 Å². The minimum atomic E-state index is -3.00. The van der Waals surface area contributed by atoms with Gasteiger partial charge in [0.25, 0.3) is 0 Å². The molecular weight excluding hydrogens is 725 g/mol. The van der Waals surface area contributed by atoms with Gasteiger partial charge in [0, 0.05) is 61.3 Å². The first-order valence-electron chi connectivity index (χ1n) is 20.1. The summed E-state index contributed by atoms with van der Waals surface area (Å²) >= 11 is 0. The van der Waals surface area contributed by atoms with Crippen molar-refractivity contribution in [2.45, 2.75) is 18.5 Å². The number of dihydropyridines is 1. The van der Waals surface area contributed by atoms with Crippen LogP contribution in [0.25, 0.3) is 76.9 Å². The van der Waals surface area contributed by atoms with Crippen molar-refractivity contribution >= 4 is 89.8 Å². The van der Waals surface area contributed by atoms with Crippen molar-refractivity contribution in [2.75, 3.05) is 0 Å². The second-order valence-electron chi connectivity index (χ2n) is 15.5. The van der Waals surface area contributed by atoms with Gasteiger partial charge in [-0.05, 0) is 96.2 Å². The van der Waals surface area contributed by atoms with E-state index in [2.05, 4.69) is 191 Å². The van der Waals surface area contributed by atoms with Crippen LogP contribution in [0.15, 0.2) is 204 Å². The lowest BCUT2D eigenvalue weighted by Crippen LogP contribution is -2.71. The fourth-order valence-corrected chi connectivity index (χ4v) is 15.0. The molecule has 0 spiro atoms. The Morgan fingerprint density at radius 2 is 1.29 bits per heavy atom. The second-order valence-corrected chi connectivity index (χ2v) is 19.4. The van der Waals surface area contributed by atoms with Crippen LogP contribution in [0.4, 0.5) is 0 Å². The van der Waals surface area contributed by atoms with Crippen molar-refractivity contribution in [2.24, 2.45) is 0 Å². The Labute approximate surface area is 336 Å². The van der Waals surface area contributed by atoms with Crippen LogP contribution in [0.2, 0.25) is 0 Å². The maximum atomic E-state index is 6.49. The molecule has 6 aromatic carbocycles. The van der Waals surface area contributed by atoms with E-state index in [1.807, 2.05) is 18.3 Å². The first-order valence-corrected chi connectivity index (χ1v) is 22.2.